The van der Waals surface area contributed by atoms with Gasteiger partial charge in [0.05, 0.1) is 6.61 Å². The van der Waals surface area contributed by atoms with Crippen LogP contribution in [-0.2, 0) is 30.5 Å². The minimum atomic E-state index is -1.88. The third kappa shape index (κ3) is 2.34. The van der Waals surface area contributed by atoms with Gasteiger partial charge in [-0.1, -0.05) is 30.3 Å². The molecule has 0 aromatic heterocycles. The van der Waals surface area contributed by atoms with E-state index in [1.165, 1.54) is 6.08 Å². The predicted octanol–water partition coefficient (Wildman–Crippen LogP) is 0.709. The van der Waals surface area contributed by atoms with Gasteiger partial charge in [-0.3, -0.25) is 4.79 Å². The molecule has 0 saturated carbocycles. The summed E-state index contributed by atoms with van der Waals surface area (Å²) in [6, 6.07) is 8.98. The highest BCUT2D eigenvalue weighted by Crippen LogP contribution is 2.28. The van der Waals surface area contributed by atoms with E-state index in [2.05, 4.69) is 9.73 Å². The van der Waals surface area contributed by atoms with Crippen molar-refractivity contribution in [2.24, 2.45) is 4.99 Å². The fourth-order valence-corrected chi connectivity index (χ4v) is 1.57. The molecule has 1 aliphatic rings. The van der Waals surface area contributed by atoms with Gasteiger partial charge in [0.1, 0.15) is 6.42 Å². The van der Waals surface area contributed by atoms with Crippen LogP contribution in [0.2, 0.25) is 0 Å². The number of rotatable bonds is 4. The highest BCUT2D eigenvalue weighted by molar-refractivity contribution is 5.99. The van der Waals surface area contributed by atoms with Crippen LogP contribution in [0.5, 0.6) is 0 Å². The van der Waals surface area contributed by atoms with Gasteiger partial charge in [-0.2, -0.15) is 4.99 Å². The number of carbonyl (C=O) groups excluding carboxylic acids is 3. The Hall–Kier alpha value is -2.30. The molecule has 6 heteroatoms. The topological polar surface area (TPSA) is 82.0 Å². The van der Waals surface area contributed by atoms with Crippen LogP contribution in [0, 0.1) is 0 Å². The van der Waals surface area contributed by atoms with Gasteiger partial charge in [0.25, 0.3) is 5.72 Å². The predicted molar refractivity (Wildman–Crippen MR) is 57.8 cm³/mol. The van der Waals surface area contributed by atoms with Crippen LogP contribution >= 0.6 is 0 Å². The molecule has 0 bridgehead atoms. The maximum atomic E-state index is 11.5. The maximum absolute atomic E-state index is 11.5. The zero-order chi connectivity index (χ0) is 13.0. The van der Waals surface area contributed by atoms with Crippen LogP contribution in [0.4, 0.5) is 0 Å². The Balaban J connectivity index is 2.15. The summed E-state index contributed by atoms with van der Waals surface area (Å²) in [5, 5.41) is 0. The Labute approximate surface area is 102 Å². The standard InChI is InChI=1S/C12H9NO5/c14-8-13-12(6-10(15)18-11(12)16)17-7-9-4-2-1-3-5-9/h1-5H,6-7H2/t12-/m1/s1. The van der Waals surface area contributed by atoms with Crippen LogP contribution in [0.15, 0.2) is 35.3 Å². The van der Waals surface area contributed by atoms with Crippen molar-refractivity contribution in [2.75, 3.05) is 0 Å². The van der Waals surface area contributed by atoms with Crippen molar-refractivity contribution in [3.05, 3.63) is 35.9 Å². The summed E-state index contributed by atoms with van der Waals surface area (Å²) in [5.41, 5.74) is -1.10. The lowest BCUT2D eigenvalue weighted by molar-refractivity contribution is -0.162. The third-order valence-electron chi connectivity index (χ3n) is 2.46. The smallest absolute Gasteiger partial charge is 0.370 e. The number of isocyanates is 1. The fraction of sp³-hybridized carbons (Fsp3) is 0.250. The molecule has 0 spiro atoms. The highest BCUT2D eigenvalue weighted by atomic mass is 16.6. The number of hydrogen-bond donors (Lipinski definition) is 0. The normalized spacial score (nSPS) is 22.4. The monoisotopic (exact) mass is 247 g/mol. The molecular weight excluding hydrogens is 238 g/mol. The molecule has 1 fully saturated rings. The summed E-state index contributed by atoms with van der Waals surface area (Å²) in [4.78, 5) is 36.1. The van der Waals surface area contributed by atoms with Gasteiger partial charge in [-0.15, -0.1) is 0 Å². The van der Waals surface area contributed by atoms with E-state index in [1.54, 1.807) is 24.3 Å². The first-order valence-electron chi connectivity index (χ1n) is 5.18. The number of hydrogen-bond acceptors (Lipinski definition) is 6. The molecule has 0 N–H and O–H groups in total. The molecule has 0 amide bonds. The Morgan fingerprint density at radius 1 is 1.33 bits per heavy atom. The second-order valence-corrected chi connectivity index (χ2v) is 3.70. The Bertz CT molecular complexity index is 521. The first-order valence-corrected chi connectivity index (χ1v) is 5.18. The van der Waals surface area contributed by atoms with Crippen molar-refractivity contribution in [1.82, 2.24) is 0 Å². The highest BCUT2D eigenvalue weighted by Gasteiger charge is 2.51. The van der Waals surface area contributed by atoms with Crippen LogP contribution in [0.3, 0.4) is 0 Å². The molecule has 1 atom stereocenters. The van der Waals surface area contributed by atoms with E-state index < -0.39 is 24.1 Å². The molecule has 1 aliphatic heterocycles. The average Bonchev–Trinajstić information content (AvgIpc) is 2.64. The van der Waals surface area contributed by atoms with E-state index >= 15 is 0 Å². The molecule has 1 aromatic carbocycles. The molecule has 1 aromatic rings. The first kappa shape index (κ1) is 12.2. The van der Waals surface area contributed by atoms with Gasteiger partial charge in [0, 0.05) is 0 Å². The summed E-state index contributed by atoms with van der Waals surface area (Å²) in [6.07, 6.45) is 0.826. The summed E-state index contributed by atoms with van der Waals surface area (Å²) in [7, 11) is 0. The summed E-state index contributed by atoms with van der Waals surface area (Å²) in [6.45, 7) is 0.0361. The molecule has 6 nitrogen and oxygen atoms in total. The number of ether oxygens (including phenoxy) is 2. The summed E-state index contributed by atoms with van der Waals surface area (Å²) < 4.78 is 9.62. The van der Waals surface area contributed by atoms with Crippen molar-refractivity contribution < 1.29 is 23.9 Å². The number of benzene rings is 1. The van der Waals surface area contributed by atoms with Crippen LogP contribution < -0.4 is 0 Å². The van der Waals surface area contributed by atoms with E-state index in [4.69, 9.17) is 4.74 Å². The van der Waals surface area contributed by atoms with Gasteiger partial charge >= 0.3 is 11.9 Å². The van der Waals surface area contributed by atoms with Gasteiger partial charge in [-0.25, -0.2) is 9.59 Å². The van der Waals surface area contributed by atoms with Crippen LogP contribution in [0.1, 0.15) is 12.0 Å². The van der Waals surface area contributed by atoms with Crippen molar-refractivity contribution >= 4 is 18.0 Å². The van der Waals surface area contributed by atoms with E-state index in [9.17, 15) is 14.4 Å². The molecule has 0 unspecified atom stereocenters. The molecule has 2 rings (SSSR count). The second kappa shape index (κ2) is 4.91. The summed E-state index contributed by atoms with van der Waals surface area (Å²) in [5.74, 6) is -1.75. The van der Waals surface area contributed by atoms with Crippen molar-refractivity contribution in [1.29, 1.82) is 0 Å². The van der Waals surface area contributed by atoms with Gasteiger partial charge < -0.3 is 9.47 Å². The SMILES string of the molecule is O=C=N[C@@]1(OCc2ccccc2)CC(=O)OC1=O. The first-order chi connectivity index (χ1) is 8.66. The zero-order valence-electron chi connectivity index (χ0n) is 9.29. The molecule has 18 heavy (non-hydrogen) atoms. The van der Waals surface area contributed by atoms with Crippen LogP contribution in [-0.4, -0.2) is 23.7 Å². The Morgan fingerprint density at radius 3 is 2.61 bits per heavy atom. The van der Waals surface area contributed by atoms with E-state index in [-0.39, 0.29) is 6.61 Å². The quantitative estimate of drug-likeness (QED) is 0.338. The van der Waals surface area contributed by atoms with Gasteiger partial charge in [0.15, 0.2) is 0 Å². The maximum Gasteiger partial charge on any atom is 0.370 e. The van der Waals surface area contributed by atoms with E-state index in [0.717, 1.165) is 5.56 Å². The lowest BCUT2D eigenvalue weighted by Crippen LogP contribution is -2.35. The number of nitrogens with zero attached hydrogens (tertiary/aromatic N) is 1. The number of cyclic esters (lactones) is 2. The van der Waals surface area contributed by atoms with Gasteiger partial charge in [-0.05, 0) is 5.56 Å². The minimum Gasteiger partial charge on any atom is -0.389 e. The third-order valence-corrected chi connectivity index (χ3v) is 2.46. The fourth-order valence-electron chi connectivity index (χ4n) is 1.57. The van der Waals surface area contributed by atoms with Crippen molar-refractivity contribution in [3.63, 3.8) is 0 Å². The van der Waals surface area contributed by atoms with E-state index in [0.29, 0.717) is 0 Å². The molecule has 1 saturated heterocycles. The largest absolute Gasteiger partial charge is 0.389 e. The average molecular weight is 247 g/mol. The minimum absolute atomic E-state index is 0.0361. The molecular formula is C12H9NO5. The van der Waals surface area contributed by atoms with Crippen molar-refractivity contribution in [3.8, 4) is 0 Å². The second-order valence-electron chi connectivity index (χ2n) is 3.70. The number of aliphatic imine (C=N–C) groups is 1. The van der Waals surface area contributed by atoms with Crippen LogP contribution in [0.25, 0.3) is 0 Å². The molecule has 1 heterocycles. The Kier molecular flexibility index (Phi) is 3.32. The van der Waals surface area contributed by atoms with E-state index in [1.807, 2.05) is 6.07 Å². The number of esters is 2. The number of carbonyl (C=O) groups is 2. The Morgan fingerprint density at radius 2 is 2.06 bits per heavy atom. The zero-order valence-corrected chi connectivity index (χ0v) is 9.29. The lowest BCUT2D eigenvalue weighted by Gasteiger charge is -2.17. The molecule has 0 radical (unpaired) electrons. The van der Waals surface area contributed by atoms with Gasteiger partial charge in [0.2, 0.25) is 6.08 Å². The molecule has 0 aliphatic carbocycles. The summed E-state index contributed by atoms with van der Waals surface area (Å²) >= 11 is 0. The lowest BCUT2D eigenvalue weighted by atomic mass is 10.2. The van der Waals surface area contributed by atoms with Crippen molar-refractivity contribution in [2.45, 2.75) is 18.8 Å². The molecule has 92 valence electrons.